The summed E-state index contributed by atoms with van der Waals surface area (Å²) >= 11 is 5.93. The second-order valence-electron chi connectivity index (χ2n) is 3.91. The fourth-order valence-corrected chi connectivity index (χ4v) is 2.69. The molecular formula is C11H14ClNO4S. The van der Waals surface area contributed by atoms with E-state index in [1.54, 1.807) is 24.3 Å². The van der Waals surface area contributed by atoms with Crippen LogP contribution in [0.1, 0.15) is 12.5 Å². The first-order chi connectivity index (χ1) is 8.23. The fraction of sp³-hybridized carbons (Fsp3) is 0.364. The van der Waals surface area contributed by atoms with Crippen molar-refractivity contribution in [2.75, 3.05) is 6.26 Å². The lowest BCUT2D eigenvalue weighted by Crippen LogP contribution is -2.42. The number of carboxylic acid groups (broad SMARTS) is 1. The Kier molecular flexibility index (Phi) is 4.72. The summed E-state index contributed by atoms with van der Waals surface area (Å²) in [5.74, 6) is -1.20. The minimum Gasteiger partial charge on any atom is -0.480 e. The summed E-state index contributed by atoms with van der Waals surface area (Å²) in [5.41, 5.74) is 0.567. The van der Waals surface area contributed by atoms with Gasteiger partial charge in [0.15, 0.2) is 0 Å². The van der Waals surface area contributed by atoms with Crippen molar-refractivity contribution < 1.29 is 18.3 Å². The third-order valence-corrected chi connectivity index (χ3v) is 4.17. The molecule has 0 aliphatic rings. The normalized spacial score (nSPS) is 13.6. The molecule has 0 aliphatic heterocycles. The number of hydrogen-bond donors (Lipinski definition) is 1. The molecule has 1 N–H and O–H groups in total. The van der Waals surface area contributed by atoms with E-state index in [0.717, 1.165) is 10.6 Å². The molecular weight excluding hydrogens is 278 g/mol. The van der Waals surface area contributed by atoms with Crippen LogP contribution in [-0.4, -0.2) is 36.1 Å². The number of hydrogen-bond acceptors (Lipinski definition) is 3. The van der Waals surface area contributed by atoms with Crippen LogP contribution in [0.15, 0.2) is 24.3 Å². The molecule has 0 heterocycles. The van der Waals surface area contributed by atoms with Crippen LogP contribution in [0.5, 0.6) is 0 Å². The molecule has 1 aromatic carbocycles. The Balaban J connectivity index is 3.08. The molecule has 1 atom stereocenters. The number of halogens is 1. The summed E-state index contributed by atoms with van der Waals surface area (Å²) in [7, 11) is -3.63. The number of carbonyl (C=O) groups is 1. The highest BCUT2D eigenvalue weighted by molar-refractivity contribution is 7.88. The molecule has 100 valence electrons. The van der Waals surface area contributed by atoms with Crippen LogP contribution < -0.4 is 0 Å². The van der Waals surface area contributed by atoms with Crippen LogP contribution in [0.4, 0.5) is 0 Å². The Bertz CT molecular complexity index is 544. The molecule has 0 aliphatic carbocycles. The number of carboxylic acids is 1. The summed E-state index contributed by atoms with van der Waals surface area (Å²) in [4.78, 5) is 10.9. The van der Waals surface area contributed by atoms with Crippen molar-refractivity contribution in [3.8, 4) is 0 Å². The standard InChI is InChI=1S/C11H14ClNO4S/c1-8(11(14)15)13(18(2,16)17)7-9-5-3-4-6-10(9)12/h3-6,8H,7H2,1-2H3,(H,14,15). The average molecular weight is 292 g/mol. The van der Waals surface area contributed by atoms with Gasteiger partial charge in [0.05, 0.1) is 6.26 Å². The summed E-state index contributed by atoms with van der Waals surface area (Å²) in [6.45, 7) is 1.26. The van der Waals surface area contributed by atoms with Crippen molar-refractivity contribution in [3.05, 3.63) is 34.9 Å². The average Bonchev–Trinajstić information content (AvgIpc) is 2.25. The maximum atomic E-state index is 11.6. The molecule has 18 heavy (non-hydrogen) atoms. The lowest BCUT2D eigenvalue weighted by Gasteiger charge is -2.24. The van der Waals surface area contributed by atoms with Crippen LogP contribution in [0.2, 0.25) is 5.02 Å². The third-order valence-electron chi connectivity index (χ3n) is 2.50. The molecule has 0 fully saturated rings. The van der Waals surface area contributed by atoms with Crippen LogP contribution in [0.25, 0.3) is 0 Å². The van der Waals surface area contributed by atoms with E-state index < -0.39 is 22.0 Å². The van der Waals surface area contributed by atoms with Gasteiger partial charge in [-0.25, -0.2) is 8.42 Å². The second-order valence-corrected chi connectivity index (χ2v) is 6.26. The van der Waals surface area contributed by atoms with Gasteiger partial charge in [-0.2, -0.15) is 4.31 Å². The van der Waals surface area contributed by atoms with Crippen molar-refractivity contribution in [1.82, 2.24) is 4.31 Å². The summed E-state index contributed by atoms with van der Waals surface area (Å²) < 4.78 is 24.1. The number of rotatable bonds is 5. The van der Waals surface area contributed by atoms with E-state index in [9.17, 15) is 13.2 Å². The zero-order valence-corrected chi connectivity index (χ0v) is 11.6. The number of aliphatic carboxylic acids is 1. The van der Waals surface area contributed by atoms with Gasteiger partial charge < -0.3 is 5.11 Å². The van der Waals surface area contributed by atoms with E-state index in [1.165, 1.54) is 6.92 Å². The van der Waals surface area contributed by atoms with Crippen LogP contribution in [0.3, 0.4) is 0 Å². The molecule has 0 radical (unpaired) electrons. The van der Waals surface area contributed by atoms with Gasteiger partial charge in [0.1, 0.15) is 6.04 Å². The molecule has 1 unspecified atom stereocenters. The first kappa shape index (κ1) is 14.9. The van der Waals surface area contributed by atoms with Crippen molar-refractivity contribution in [2.24, 2.45) is 0 Å². The first-order valence-corrected chi connectivity index (χ1v) is 7.39. The minimum atomic E-state index is -3.63. The predicted molar refractivity (Wildman–Crippen MR) is 68.9 cm³/mol. The number of sulfonamides is 1. The molecule has 0 bridgehead atoms. The molecule has 0 amide bonds. The highest BCUT2D eigenvalue weighted by Crippen LogP contribution is 2.20. The molecule has 7 heteroatoms. The number of nitrogens with zero attached hydrogens (tertiary/aromatic N) is 1. The van der Waals surface area contributed by atoms with E-state index in [-0.39, 0.29) is 6.54 Å². The first-order valence-electron chi connectivity index (χ1n) is 5.16. The molecule has 5 nitrogen and oxygen atoms in total. The highest BCUT2D eigenvalue weighted by atomic mass is 35.5. The third kappa shape index (κ3) is 3.69. The summed E-state index contributed by atoms with van der Waals surface area (Å²) in [6, 6.07) is 5.58. The quantitative estimate of drug-likeness (QED) is 0.893. The van der Waals surface area contributed by atoms with Gasteiger partial charge in [0.2, 0.25) is 10.0 Å². The summed E-state index contributed by atoms with van der Waals surface area (Å²) in [5, 5.41) is 9.33. The Labute approximate surface area is 111 Å². The van der Waals surface area contributed by atoms with Crippen molar-refractivity contribution in [3.63, 3.8) is 0 Å². The van der Waals surface area contributed by atoms with Crippen molar-refractivity contribution >= 4 is 27.6 Å². The van der Waals surface area contributed by atoms with Crippen LogP contribution in [0, 0.1) is 0 Å². The lowest BCUT2D eigenvalue weighted by molar-refractivity contribution is -0.141. The van der Waals surface area contributed by atoms with E-state index in [2.05, 4.69) is 0 Å². The molecule has 0 spiro atoms. The van der Waals surface area contributed by atoms with E-state index in [4.69, 9.17) is 16.7 Å². The largest absolute Gasteiger partial charge is 0.480 e. The summed E-state index contributed by atoms with van der Waals surface area (Å²) in [6.07, 6.45) is 0.975. The van der Waals surface area contributed by atoms with E-state index in [0.29, 0.717) is 10.6 Å². The van der Waals surface area contributed by atoms with Gasteiger partial charge in [-0.3, -0.25) is 4.79 Å². The zero-order chi connectivity index (χ0) is 13.9. The van der Waals surface area contributed by atoms with E-state index >= 15 is 0 Å². The predicted octanol–water partition coefficient (Wildman–Crippen LogP) is 1.57. The van der Waals surface area contributed by atoms with Crippen molar-refractivity contribution in [2.45, 2.75) is 19.5 Å². The fourth-order valence-electron chi connectivity index (χ4n) is 1.46. The Morgan fingerprint density at radius 1 is 1.44 bits per heavy atom. The van der Waals surface area contributed by atoms with Gasteiger partial charge in [-0.15, -0.1) is 0 Å². The van der Waals surface area contributed by atoms with Gasteiger partial charge in [0, 0.05) is 11.6 Å². The second kappa shape index (κ2) is 5.69. The highest BCUT2D eigenvalue weighted by Gasteiger charge is 2.28. The topological polar surface area (TPSA) is 74.7 Å². The lowest BCUT2D eigenvalue weighted by atomic mass is 10.2. The number of benzene rings is 1. The Morgan fingerprint density at radius 2 is 2.00 bits per heavy atom. The van der Waals surface area contributed by atoms with Gasteiger partial charge >= 0.3 is 5.97 Å². The van der Waals surface area contributed by atoms with Gasteiger partial charge in [-0.05, 0) is 18.6 Å². The van der Waals surface area contributed by atoms with Gasteiger partial charge in [0.25, 0.3) is 0 Å². The molecule has 0 saturated carbocycles. The van der Waals surface area contributed by atoms with Crippen LogP contribution in [-0.2, 0) is 21.4 Å². The maximum absolute atomic E-state index is 11.6. The monoisotopic (exact) mass is 291 g/mol. The van der Waals surface area contributed by atoms with Crippen molar-refractivity contribution in [1.29, 1.82) is 0 Å². The SMILES string of the molecule is CC(C(=O)O)N(Cc1ccccc1Cl)S(C)(=O)=O. The molecule has 1 aromatic rings. The van der Waals surface area contributed by atoms with Gasteiger partial charge in [-0.1, -0.05) is 29.8 Å². The minimum absolute atomic E-state index is 0.0635. The smallest absolute Gasteiger partial charge is 0.321 e. The van der Waals surface area contributed by atoms with Crippen LogP contribution >= 0.6 is 11.6 Å². The molecule has 1 rings (SSSR count). The molecule has 0 saturated heterocycles. The Hall–Kier alpha value is -1.11. The van der Waals surface area contributed by atoms with E-state index in [1.807, 2.05) is 0 Å². The molecule has 0 aromatic heterocycles. The maximum Gasteiger partial charge on any atom is 0.321 e. The Morgan fingerprint density at radius 3 is 2.44 bits per heavy atom. The zero-order valence-electron chi connectivity index (χ0n) is 10.00.